The molecule has 1 aliphatic rings. The fourth-order valence-corrected chi connectivity index (χ4v) is 2.56. The van der Waals surface area contributed by atoms with Crippen molar-refractivity contribution in [2.75, 3.05) is 39.8 Å². The summed E-state index contributed by atoms with van der Waals surface area (Å²) >= 11 is 0. The lowest BCUT2D eigenvalue weighted by Gasteiger charge is -2.36. The normalized spacial score (nSPS) is 18.8. The Hall–Kier alpha value is -0.380. The van der Waals surface area contributed by atoms with E-state index in [1.54, 1.807) is 0 Å². The Morgan fingerprint density at radius 1 is 1.39 bits per heavy atom. The van der Waals surface area contributed by atoms with Crippen LogP contribution in [0.25, 0.3) is 0 Å². The summed E-state index contributed by atoms with van der Waals surface area (Å²) in [5.41, 5.74) is 1.30. The second-order valence-electron chi connectivity index (χ2n) is 5.87. The molecule has 0 spiro atoms. The van der Waals surface area contributed by atoms with Gasteiger partial charge in [-0.2, -0.15) is 0 Å². The van der Waals surface area contributed by atoms with Crippen LogP contribution in [0.2, 0.25) is 0 Å². The molecular formula is C15H31N3. The molecule has 1 heterocycles. The second kappa shape index (κ2) is 7.93. The van der Waals surface area contributed by atoms with Crippen LogP contribution in [0.1, 0.15) is 33.6 Å². The van der Waals surface area contributed by atoms with E-state index in [0.717, 1.165) is 19.1 Å². The standard InChI is InChI=1S/C15H31N3/c1-6-18-9-7-15(8-10-18)17(5)12-14(4)11-16-13(2)3/h13,15-16H,4,6-12H2,1-3,5H3. The van der Waals surface area contributed by atoms with Crippen LogP contribution in [0.3, 0.4) is 0 Å². The summed E-state index contributed by atoms with van der Waals surface area (Å²) in [5.74, 6) is 0. The van der Waals surface area contributed by atoms with Crippen LogP contribution in [-0.2, 0) is 0 Å². The summed E-state index contributed by atoms with van der Waals surface area (Å²) < 4.78 is 0. The molecule has 1 rings (SSSR count). The van der Waals surface area contributed by atoms with Crippen molar-refractivity contribution in [3.63, 3.8) is 0 Å². The third-order valence-corrected chi connectivity index (χ3v) is 3.86. The molecule has 0 aromatic carbocycles. The minimum Gasteiger partial charge on any atom is -0.311 e. The lowest BCUT2D eigenvalue weighted by Crippen LogP contribution is -2.44. The molecular weight excluding hydrogens is 222 g/mol. The first-order valence-corrected chi connectivity index (χ1v) is 7.35. The van der Waals surface area contributed by atoms with Gasteiger partial charge in [0.25, 0.3) is 0 Å². The van der Waals surface area contributed by atoms with Crippen molar-refractivity contribution in [1.82, 2.24) is 15.1 Å². The van der Waals surface area contributed by atoms with Gasteiger partial charge in [0.15, 0.2) is 0 Å². The van der Waals surface area contributed by atoms with Gasteiger partial charge in [0.2, 0.25) is 0 Å². The Morgan fingerprint density at radius 3 is 2.50 bits per heavy atom. The van der Waals surface area contributed by atoms with Gasteiger partial charge in [0.1, 0.15) is 0 Å². The third-order valence-electron chi connectivity index (χ3n) is 3.86. The third kappa shape index (κ3) is 5.51. The number of likely N-dealkylation sites (N-methyl/N-ethyl adjacent to an activating group) is 1. The van der Waals surface area contributed by atoms with Gasteiger partial charge in [-0.1, -0.05) is 27.4 Å². The number of rotatable bonds is 7. The summed E-state index contributed by atoms with van der Waals surface area (Å²) in [7, 11) is 2.24. The summed E-state index contributed by atoms with van der Waals surface area (Å²) in [4.78, 5) is 5.02. The molecule has 0 aliphatic carbocycles. The highest BCUT2D eigenvalue weighted by Gasteiger charge is 2.21. The number of nitrogens with zero attached hydrogens (tertiary/aromatic N) is 2. The second-order valence-corrected chi connectivity index (χ2v) is 5.87. The monoisotopic (exact) mass is 253 g/mol. The molecule has 0 saturated carbocycles. The van der Waals surface area contributed by atoms with Crippen LogP contribution < -0.4 is 5.32 Å². The molecule has 0 aromatic rings. The zero-order valence-corrected chi connectivity index (χ0v) is 12.7. The molecule has 0 radical (unpaired) electrons. The molecule has 1 aliphatic heterocycles. The SMILES string of the molecule is C=C(CNC(C)C)CN(C)C1CCN(CC)CC1. The minimum absolute atomic E-state index is 0.542. The molecule has 3 heteroatoms. The first kappa shape index (κ1) is 15.7. The van der Waals surface area contributed by atoms with Crippen LogP contribution in [-0.4, -0.2) is 61.7 Å². The fraction of sp³-hybridized carbons (Fsp3) is 0.867. The Morgan fingerprint density at radius 2 is 2.00 bits per heavy atom. The summed E-state index contributed by atoms with van der Waals surface area (Å²) in [6, 6.07) is 1.28. The van der Waals surface area contributed by atoms with Crippen molar-refractivity contribution in [2.45, 2.75) is 45.7 Å². The smallest absolute Gasteiger partial charge is 0.0202 e. The molecule has 1 fully saturated rings. The van der Waals surface area contributed by atoms with E-state index in [-0.39, 0.29) is 0 Å². The van der Waals surface area contributed by atoms with Crippen molar-refractivity contribution in [2.24, 2.45) is 0 Å². The first-order valence-electron chi connectivity index (χ1n) is 7.35. The van der Waals surface area contributed by atoms with E-state index in [2.05, 4.69) is 49.5 Å². The van der Waals surface area contributed by atoms with E-state index in [0.29, 0.717) is 6.04 Å². The van der Waals surface area contributed by atoms with E-state index in [1.807, 2.05) is 0 Å². The molecule has 0 aromatic heterocycles. The predicted molar refractivity (Wildman–Crippen MR) is 80.0 cm³/mol. The van der Waals surface area contributed by atoms with E-state index >= 15 is 0 Å². The van der Waals surface area contributed by atoms with Crippen LogP contribution in [0, 0.1) is 0 Å². The van der Waals surface area contributed by atoms with Crippen molar-refractivity contribution in [1.29, 1.82) is 0 Å². The molecule has 0 unspecified atom stereocenters. The van der Waals surface area contributed by atoms with Crippen LogP contribution in [0.4, 0.5) is 0 Å². The number of hydrogen-bond donors (Lipinski definition) is 1. The molecule has 1 saturated heterocycles. The quantitative estimate of drug-likeness (QED) is 0.700. The number of nitrogens with one attached hydrogen (secondary N) is 1. The lowest BCUT2D eigenvalue weighted by atomic mass is 10.0. The van der Waals surface area contributed by atoms with Gasteiger partial charge in [-0.15, -0.1) is 0 Å². The number of hydrogen-bond acceptors (Lipinski definition) is 3. The molecule has 106 valence electrons. The average molecular weight is 253 g/mol. The Labute approximate surface area is 113 Å². The average Bonchev–Trinajstić information content (AvgIpc) is 2.36. The molecule has 18 heavy (non-hydrogen) atoms. The Kier molecular flexibility index (Phi) is 6.90. The van der Waals surface area contributed by atoms with E-state index in [4.69, 9.17) is 0 Å². The van der Waals surface area contributed by atoms with Crippen molar-refractivity contribution >= 4 is 0 Å². The minimum atomic E-state index is 0.542. The summed E-state index contributed by atoms with van der Waals surface area (Å²) in [6.45, 7) is 16.5. The van der Waals surface area contributed by atoms with Crippen LogP contribution >= 0.6 is 0 Å². The maximum absolute atomic E-state index is 4.18. The zero-order chi connectivity index (χ0) is 13.5. The fourth-order valence-electron chi connectivity index (χ4n) is 2.56. The summed E-state index contributed by atoms with van der Waals surface area (Å²) in [6.07, 6.45) is 2.60. The largest absolute Gasteiger partial charge is 0.311 e. The Bertz CT molecular complexity index is 242. The van der Waals surface area contributed by atoms with Crippen molar-refractivity contribution < 1.29 is 0 Å². The molecule has 0 bridgehead atoms. The van der Waals surface area contributed by atoms with Gasteiger partial charge in [0.05, 0.1) is 0 Å². The van der Waals surface area contributed by atoms with Gasteiger partial charge < -0.3 is 10.2 Å². The van der Waals surface area contributed by atoms with Gasteiger partial charge in [-0.05, 0) is 45.1 Å². The highest BCUT2D eigenvalue weighted by atomic mass is 15.2. The van der Waals surface area contributed by atoms with E-state index in [1.165, 1.54) is 38.0 Å². The van der Waals surface area contributed by atoms with Crippen molar-refractivity contribution in [3.05, 3.63) is 12.2 Å². The predicted octanol–water partition coefficient (Wildman–Crippen LogP) is 1.96. The Balaban J connectivity index is 2.24. The maximum atomic E-state index is 4.18. The molecule has 1 N–H and O–H groups in total. The zero-order valence-electron chi connectivity index (χ0n) is 12.7. The highest BCUT2D eigenvalue weighted by molar-refractivity contribution is 5.00. The maximum Gasteiger partial charge on any atom is 0.0202 e. The van der Waals surface area contributed by atoms with Gasteiger partial charge >= 0.3 is 0 Å². The molecule has 3 nitrogen and oxygen atoms in total. The van der Waals surface area contributed by atoms with Crippen molar-refractivity contribution in [3.8, 4) is 0 Å². The van der Waals surface area contributed by atoms with Crippen LogP contribution in [0.15, 0.2) is 12.2 Å². The van der Waals surface area contributed by atoms with E-state index in [9.17, 15) is 0 Å². The highest BCUT2D eigenvalue weighted by Crippen LogP contribution is 2.15. The topological polar surface area (TPSA) is 18.5 Å². The lowest BCUT2D eigenvalue weighted by molar-refractivity contribution is 0.138. The molecule has 0 atom stereocenters. The van der Waals surface area contributed by atoms with Gasteiger partial charge in [-0.25, -0.2) is 0 Å². The molecule has 0 amide bonds. The number of piperidine rings is 1. The summed E-state index contributed by atoms with van der Waals surface area (Å²) in [5, 5.41) is 3.44. The number of likely N-dealkylation sites (tertiary alicyclic amines) is 1. The van der Waals surface area contributed by atoms with Gasteiger partial charge in [0, 0.05) is 25.2 Å². The first-order chi connectivity index (χ1) is 8.52. The van der Waals surface area contributed by atoms with Crippen LogP contribution in [0.5, 0.6) is 0 Å². The van der Waals surface area contributed by atoms with E-state index < -0.39 is 0 Å². The van der Waals surface area contributed by atoms with Gasteiger partial charge in [-0.3, -0.25) is 4.90 Å².